The van der Waals surface area contributed by atoms with Crippen LogP contribution >= 0.6 is 12.4 Å². The van der Waals surface area contributed by atoms with Crippen LogP contribution in [0.2, 0.25) is 0 Å². The molecule has 26 heavy (non-hydrogen) atoms. The van der Waals surface area contributed by atoms with Crippen LogP contribution in [0.15, 0.2) is 54.4 Å². The number of aromatic nitrogens is 2. The lowest BCUT2D eigenvalue weighted by Crippen LogP contribution is -2.46. The monoisotopic (exact) mass is 394 g/mol. The van der Waals surface area contributed by atoms with E-state index in [-0.39, 0.29) is 12.4 Å². The van der Waals surface area contributed by atoms with Crippen LogP contribution in [0, 0.1) is 0 Å². The van der Waals surface area contributed by atoms with Crippen molar-refractivity contribution < 1.29 is 8.42 Å². The van der Waals surface area contributed by atoms with Crippen molar-refractivity contribution in [2.45, 2.75) is 18.1 Å². The molecule has 2 aromatic rings. The molecule has 6 nitrogen and oxygen atoms in total. The van der Waals surface area contributed by atoms with Gasteiger partial charge in [-0.05, 0) is 19.1 Å². The summed E-state index contributed by atoms with van der Waals surface area (Å²) in [5.41, 5.74) is 1.70. The molecule has 0 bridgehead atoms. The van der Waals surface area contributed by atoms with Crippen LogP contribution in [-0.4, -0.2) is 53.4 Å². The Morgan fingerprint density at radius 3 is 2.69 bits per heavy atom. The van der Waals surface area contributed by atoms with E-state index in [1.165, 1.54) is 4.09 Å². The molecular weight excluding hydrogens is 372 g/mol. The third-order valence-corrected chi connectivity index (χ3v) is 7.26. The Balaban J connectivity index is 0.00000196. The van der Waals surface area contributed by atoms with Gasteiger partial charge in [-0.25, -0.2) is 8.42 Å². The van der Waals surface area contributed by atoms with Gasteiger partial charge in [0.15, 0.2) is 0 Å². The van der Waals surface area contributed by atoms with Crippen molar-refractivity contribution in [1.82, 2.24) is 19.4 Å². The Bertz CT molecular complexity index is 960. The number of hydrogen-bond acceptors (Lipinski definition) is 5. The summed E-state index contributed by atoms with van der Waals surface area (Å²) in [6.45, 7) is 5.44. The van der Waals surface area contributed by atoms with Crippen LogP contribution in [0.1, 0.15) is 13.3 Å². The molecule has 1 aliphatic carbocycles. The van der Waals surface area contributed by atoms with Gasteiger partial charge in [0.05, 0.1) is 11.7 Å². The molecule has 0 spiro atoms. The second-order valence-electron chi connectivity index (χ2n) is 6.79. The summed E-state index contributed by atoms with van der Waals surface area (Å²) in [5.74, 6) is 0. The second kappa shape index (κ2) is 7.06. The fraction of sp³-hybridized carbons (Fsp3) is 0.389. The molecule has 140 valence electrons. The molecule has 1 fully saturated rings. The molecule has 8 heteroatoms. The molecule has 1 aromatic heterocycles. The molecule has 4 rings (SSSR count). The van der Waals surface area contributed by atoms with E-state index in [2.05, 4.69) is 15.3 Å². The molecule has 0 radical (unpaired) electrons. The standard InChI is InChI=1S/C18H22N4O2S.ClH/c1-18(8-4-6-16(13-18)21-11-9-19-10-12-21)25(23,24)22-17-7-3-2-5-15(17)14-20-22;/h2-8,14,19H,9-13H2,1H3;1H. The number of benzene rings is 1. The number of piperazine rings is 1. The van der Waals surface area contributed by atoms with Crippen LogP contribution in [0.25, 0.3) is 10.9 Å². The maximum atomic E-state index is 13.4. The highest BCUT2D eigenvalue weighted by atomic mass is 35.5. The minimum Gasteiger partial charge on any atom is -0.372 e. The maximum Gasteiger partial charge on any atom is 0.263 e. The third kappa shape index (κ3) is 3.04. The Hall–Kier alpha value is -1.83. The van der Waals surface area contributed by atoms with Crippen molar-refractivity contribution in [1.29, 1.82) is 0 Å². The molecule has 1 saturated heterocycles. The fourth-order valence-corrected chi connectivity index (χ4v) is 5.10. The van der Waals surface area contributed by atoms with Crippen LogP contribution in [0.4, 0.5) is 0 Å². The van der Waals surface area contributed by atoms with Crippen molar-refractivity contribution in [3.05, 3.63) is 54.4 Å². The minimum atomic E-state index is -3.68. The molecule has 1 unspecified atom stereocenters. The van der Waals surface area contributed by atoms with E-state index in [1.807, 2.05) is 30.4 Å². The average molecular weight is 395 g/mol. The van der Waals surface area contributed by atoms with E-state index in [4.69, 9.17) is 0 Å². The highest BCUT2D eigenvalue weighted by Crippen LogP contribution is 2.34. The number of nitrogens with one attached hydrogen (secondary N) is 1. The largest absolute Gasteiger partial charge is 0.372 e. The number of fused-ring (bicyclic) bond motifs is 1. The van der Waals surface area contributed by atoms with Crippen molar-refractivity contribution in [2.75, 3.05) is 26.2 Å². The maximum absolute atomic E-state index is 13.4. The van der Waals surface area contributed by atoms with Gasteiger partial charge in [-0.15, -0.1) is 12.4 Å². The molecule has 0 saturated carbocycles. The Morgan fingerprint density at radius 1 is 1.19 bits per heavy atom. The van der Waals surface area contributed by atoms with E-state index in [0.717, 1.165) is 37.3 Å². The van der Waals surface area contributed by atoms with Gasteiger partial charge >= 0.3 is 0 Å². The number of nitrogens with zero attached hydrogens (tertiary/aromatic N) is 3. The Morgan fingerprint density at radius 2 is 1.92 bits per heavy atom. The van der Waals surface area contributed by atoms with Crippen LogP contribution < -0.4 is 5.32 Å². The second-order valence-corrected chi connectivity index (χ2v) is 9.02. The SMILES string of the molecule is CC1(S(=O)(=O)n2ncc3ccccc32)C=CC=C(N2CCNCC2)C1.Cl. The van der Waals surface area contributed by atoms with Gasteiger partial charge in [-0.2, -0.15) is 9.19 Å². The number of para-hydroxylation sites is 1. The van der Waals surface area contributed by atoms with E-state index >= 15 is 0 Å². The zero-order valence-electron chi connectivity index (χ0n) is 14.6. The first-order valence-corrected chi connectivity index (χ1v) is 9.97. The van der Waals surface area contributed by atoms with Crippen molar-refractivity contribution in [3.63, 3.8) is 0 Å². The molecule has 2 heterocycles. The zero-order chi connectivity index (χ0) is 17.5. The van der Waals surface area contributed by atoms with Crippen molar-refractivity contribution >= 4 is 33.3 Å². The van der Waals surface area contributed by atoms with Gasteiger partial charge < -0.3 is 10.2 Å². The van der Waals surface area contributed by atoms with Gasteiger partial charge in [0.1, 0.15) is 4.75 Å². The molecular formula is C18H23ClN4O2S. The first kappa shape index (κ1) is 18.9. The first-order chi connectivity index (χ1) is 12.0. The van der Waals surface area contributed by atoms with E-state index in [0.29, 0.717) is 11.9 Å². The smallest absolute Gasteiger partial charge is 0.263 e. The summed E-state index contributed by atoms with van der Waals surface area (Å²) in [7, 11) is -3.68. The quantitative estimate of drug-likeness (QED) is 0.863. The average Bonchev–Trinajstić information content (AvgIpc) is 3.07. The summed E-state index contributed by atoms with van der Waals surface area (Å²) in [6, 6.07) is 7.39. The topological polar surface area (TPSA) is 67.2 Å². The predicted octanol–water partition coefficient (Wildman–Crippen LogP) is 2.14. The highest BCUT2D eigenvalue weighted by molar-refractivity contribution is 7.91. The number of hydrogen-bond donors (Lipinski definition) is 1. The molecule has 0 amide bonds. The predicted molar refractivity (Wildman–Crippen MR) is 106 cm³/mol. The van der Waals surface area contributed by atoms with Gasteiger partial charge in [0.25, 0.3) is 10.0 Å². The van der Waals surface area contributed by atoms with Crippen LogP contribution in [-0.2, 0) is 10.0 Å². The lowest BCUT2D eigenvalue weighted by atomic mass is 9.98. The summed E-state index contributed by atoms with van der Waals surface area (Å²) < 4.78 is 27.0. The molecule has 1 aromatic carbocycles. The lowest BCUT2D eigenvalue weighted by molar-refractivity contribution is 0.285. The first-order valence-electron chi connectivity index (χ1n) is 8.53. The van der Waals surface area contributed by atoms with Gasteiger partial charge in [0.2, 0.25) is 0 Å². The zero-order valence-corrected chi connectivity index (χ0v) is 16.3. The number of rotatable bonds is 3. The van der Waals surface area contributed by atoms with E-state index < -0.39 is 14.8 Å². The summed E-state index contributed by atoms with van der Waals surface area (Å²) in [6.07, 6.45) is 7.74. The van der Waals surface area contributed by atoms with Crippen LogP contribution in [0.5, 0.6) is 0 Å². The van der Waals surface area contributed by atoms with E-state index in [9.17, 15) is 8.42 Å². The molecule has 1 atom stereocenters. The van der Waals surface area contributed by atoms with Gasteiger partial charge in [-0.1, -0.05) is 30.4 Å². The summed E-state index contributed by atoms with van der Waals surface area (Å²) in [4.78, 5) is 2.27. The molecule has 2 aliphatic rings. The highest BCUT2D eigenvalue weighted by Gasteiger charge is 2.42. The Kier molecular flexibility index (Phi) is 5.14. The van der Waals surface area contributed by atoms with Crippen LogP contribution in [0.3, 0.4) is 0 Å². The fourth-order valence-electron chi connectivity index (χ4n) is 3.52. The minimum absolute atomic E-state index is 0. The number of allylic oxidation sites excluding steroid dienone is 3. The van der Waals surface area contributed by atoms with E-state index in [1.54, 1.807) is 25.3 Å². The summed E-state index contributed by atoms with van der Waals surface area (Å²) >= 11 is 0. The van der Waals surface area contributed by atoms with Crippen molar-refractivity contribution in [3.8, 4) is 0 Å². The molecule has 1 aliphatic heterocycles. The van der Waals surface area contributed by atoms with Gasteiger partial charge in [0, 0.05) is 43.7 Å². The number of halogens is 1. The molecule has 1 N–H and O–H groups in total. The van der Waals surface area contributed by atoms with Gasteiger partial charge in [-0.3, -0.25) is 0 Å². The lowest BCUT2D eigenvalue weighted by Gasteiger charge is -2.37. The Labute approximate surface area is 160 Å². The third-order valence-electron chi connectivity index (χ3n) is 5.05. The summed E-state index contributed by atoms with van der Waals surface area (Å²) in [5, 5.41) is 8.33. The normalized spacial score (nSPS) is 23.6. The van der Waals surface area contributed by atoms with Crippen molar-refractivity contribution in [2.24, 2.45) is 0 Å².